The second-order valence-electron chi connectivity index (χ2n) is 3.20. The number of carbonyl (C=O) groups is 1. The quantitative estimate of drug-likeness (QED) is 0.755. The smallest absolute Gasteiger partial charge is 0.118 e. The average Bonchev–Trinajstić information content (AvgIpc) is 2.26. The van der Waals surface area contributed by atoms with Crippen LogP contribution in [0.3, 0.4) is 0 Å². The third-order valence-electron chi connectivity index (χ3n) is 2.12. The maximum Gasteiger partial charge on any atom is 0.118 e. The highest BCUT2D eigenvalue weighted by Crippen LogP contribution is 2.20. The van der Waals surface area contributed by atoms with Crippen molar-refractivity contribution in [2.75, 3.05) is 7.11 Å². The molecule has 82 valence electrons. The van der Waals surface area contributed by atoms with Gasteiger partial charge in [0.15, 0.2) is 0 Å². The van der Waals surface area contributed by atoms with Crippen molar-refractivity contribution in [2.45, 2.75) is 18.9 Å². The summed E-state index contributed by atoms with van der Waals surface area (Å²) in [6.07, 6.45) is -0.754. The Balaban J connectivity index is 2.57. The van der Waals surface area contributed by atoms with Gasteiger partial charge in [-0.25, -0.2) is 0 Å². The second-order valence-corrected chi connectivity index (χ2v) is 3.20. The van der Waals surface area contributed by atoms with E-state index in [9.17, 15) is 15.0 Å². The number of rotatable bonds is 5. The van der Waals surface area contributed by atoms with Gasteiger partial charge in [0, 0.05) is 5.97 Å². The lowest BCUT2D eigenvalue weighted by atomic mass is 10.1. The molecule has 4 nitrogen and oxygen atoms in total. The number of methoxy groups -OCH3 is 1. The predicted octanol–water partition coefficient (Wildman–Crippen LogP) is 0.259. The minimum atomic E-state index is -1.15. The van der Waals surface area contributed by atoms with E-state index in [0.29, 0.717) is 11.3 Å². The molecular formula is C11H13O4-. The first-order valence-electron chi connectivity index (χ1n) is 4.65. The molecule has 4 heteroatoms. The fourth-order valence-corrected chi connectivity index (χ4v) is 1.25. The summed E-state index contributed by atoms with van der Waals surface area (Å²) in [5, 5.41) is 19.8. The summed E-state index contributed by atoms with van der Waals surface area (Å²) < 4.78 is 4.96. The van der Waals surface area contributed by atoms with Crippen LogP contribution in [0.2, 0.25) is 0 Å². The first-order chi connectivity index (χ1) is 7.13. The Morgan fingerprint density at radius 3 is 2.53 bits per heavy atom. The van der Waals surface area contributed by atoms with Crippen LogP contribution in [-0.2, 0) is 4.79 Å². The van der Waals surface area contributed by atoms with Crippen LogP contribution >= 0.6 is 0 Å². The van der Waals surface area contributed by atoms with Crippen molar-refractivity contribution in [1.82, 2.24) is 0 Å². The maximum absolute atomic E-state index is 10.2. The zero-order chi connectivity index (χ0) is 11.3. The highest BCUT2D eigenvalue weighted by molar-refractivity contribution is 5.64. The number of hydrogen-bond acceptors (Lipinski definition) is 4. The van der Waals surface area contributed by atoms with Gasteiger partial charge in [0.1, 0.15) is 5.75 Å². The maximum atomic E-state index is 10.2. The van der Waals surface area contributed by atoms with Crippen molar-refractivity contribution >= 4 is 5.97 Å². The largest absolute Gasteiger partial charge is 0.550 e. The minimum absolute atomic E-state index is 0.146. The van der Waals surface area contributed by atoms with Crippen molar-refractivity contribution in [1.29, 1.82) is 0 Å². The Morgan fingerprint density at radius 1 is 1.47 bits per heavy atom. The summed E-state index contributed by atoms with van der Waals surface area (Å²) in [7, 11) is 1.56. The van der Waals surface area contributed by atoms with E-state index in [0.717, 1.165) is 0 Å². The number of aliphatic hydroxyl groups is 1. The van der Waals surface area contributed by atoms with Gasteiger partial charge >= 0.3 is 0 Å². The van der Waals surface area contributed by atoms with Gasteiger partial charge in [-0.15, -0.1) is 0 Å². The number of ether oxygens (including phenoxy) is 1. The molecule has 1 rings (SSSR count). The summed E-state index contributed by atoms with van der Waals surface area (Å²) in [5.41, 5.74) is 0.678. The molecule has 0 aliphatic heterocycles. The molecule has 0 aliphatic carbocycles. The van der Waals surface area contributed by atoms with E-state index >= 15 is 0 Å². The monoisotopic (exact) mass is 209 g/mol. The Morgan fingerprint density at radius 2 is 2.07 bits per heavy atom. The van der Waals surface area contributed by atoms with E-state index in [-0.39, 0.29) is 12.8 Å². The molecule has 0 saturated heterocycles. The van der Waals surface area contributed by atoms with Crippen LogP contribution in [0.4, 0.5) is 0 Å². The highest BCUT2D eigenvalue weighted by atomic mass is 16.5. The Kier molecular flexibility index (Phi) is 4.12. The number of carbonyl (C=O) groups excluding carboxylic acids is 1. The van der Waals surface area contributed by atoms with Gasteiger partial charge < -0.3 is 19.7 Å². The van der Waals surface area contributed by atoms with Crippen LogP contribution in [0.1, 0.15) is 24.5 Å². The number of aliphatic hydroxyl groups excluding tert-OH is 1. The molecule has 0 aliphatic rings. The number of carboxylic acids is 1. The van der Waals surface area contributed by atoms with Gasteiger partial charge in [-0.2, -0.15) is 0 Å². The topological polar surface area (TPSA) is 69.6 Å². The zero-order valence-corrected chi connectivity index (χ0v) is 8.47. The summed E-state index contributed by atoms with van der Waals surface area (Å²) in [6, 6.07) is 6.85. The van der Waals surface area contributed by atoms with Crippen molar-refractivity contribution in [2.24, 2.45) is 0 Å². The van der Waals surface area contributed by atoms with Gasteiger partial charge in [0.05, 0.1) is 13.2 Å². The molecule has 1 atom stereocenters. The van der Waals surface area contributed by atoms with E-state index in [2.05, 4.69) is 0 Å². The summed E-state index contributed by atoms with van der Waals surface area (Å²) in [6.45, 7) is 0. The van der Waals surface area contributed by atoms with Gasteiger partial charge in [-0.1, -0.05) is 12.1 Å². The first-order valence-corrected chi connectivity index (χ1v) is 4.65. The van der Waals surface area contributed by atoms with E-state index in [1.54, 1.807) is 31.4 Å². The van der Waals surface area contributed by atoms with Gasteiger partial charge in [0.25, 0.3) is 0 Å². The van der Waals surface area contributed by atoms with Gasteiger partial charge in [-0.05, 0) is 30.5 Å². The van der Waals surface area contributed by atoms with Crippen molar-refractivity contribution in [3.05, 3.63) is 29.8 Å². The average molecular weight is 209 g/mol. The summed E-state index contributed by atoms with van der Waals surface area (Å²) in [5.74, 6) is -0.451. The van der Waals surface area contributed by atoms with Crippen LogP contribution < -0.4 is 9.84 Å². The molecular weight excluding hydrogens is 196 g/mol. The Labute approximate surface area is 88.1 Å². The highest BCUT2D eigenvalue weighted by Gasteiger charge is 2.07. The molecule has 15 heavy (non-hydrogen) atoms. The van der Waals surface area contributed by atoms with Crippen molar-refractivity contribution < 1.29 is 19.7 Å². The molecule has 1 aromatic rings. The number of hydrogen-bond donors (Lipinski definition) is 1. The molecule has 0 amide bonds. The fourth-order valence-electron chi connectivity index (χ4n) is 1.25. The summed E-state index contributed by atoms with van der Waals surface area (Å²) >= 11 is 0. The van der Waals surface area contributed by atoms with Crippen LogP contribution in [0.15, 0.2) is 24.3 Å². The third kappa shape index (κ3) is 3.59. The molecule has 0 heterocycles. The standard InChI is InChI=1S/C11H14O4/c1-15-9-4-2-8(3-5-9)10(12)6-7-11(13)14/h2-5,10,12H,6-7H2,1H3,(H,13,14)/p-1/t10-/m0/s1. The molecule has 1 aromatic carbocycles. The van der Waals surface area contributed by atoms with Crippen LogP contribution in [0.25, 0.3) is 0 Å². The molecule has 0 bridgehead atoms. The van der Waals surface area contributed by atoms with Crippen molar-refractivity contribution in [3.8, 4) is 5.75 Å². The predicted molar refractivity (Wildman–Crippen MR) is 52.2 cm³/mol. The molecule has 0 unspecified atom stereocenters. The molecule has 0 aromatic heterocycles. The van der Waals surface area contributed by atoms with E-state index in [1.165, 1.54) is 0 Å². The zero-order valence-electron chi connectivity index (χ0n) is 8.47. The lowest BCUT2D eigenvalue weighted by molar-refractivity contribution is -0.306. The van der Waals surface area contributed by atoms with E-state index in [4.69, 9.17) is 4.74 Å². The van der Waals surface area contributed by atoms with E-state index in [1.807, 2.05) is 0 Å². The van der Waals surface area contributed by atoms with Crippen LogP contribution in [0, 0.1) is 0 Å². The number of benzene rings is 1. The number of aliphatic carboxylic acids is 1. The molecule has 0 radical (unpaired) electrons. The Bertz CT molecular complexity index is 318. The lowest BCUT2D eigenvalue weighted by Crippen LogP contribution is -2.22. The lowest BCUT2D eigenvalue weighted by Gasteiger charge is -2.11. The van der Waals surface area contributed by atoms with E-state index < -0.39 is 12.1 Å². The minimum Gasteiger partial charge on any atom is -0.550 e. The van der Waals surface area contributed by atoms with Crippen LogP contribution in [0.5, 0.6) is 5.75 Å². The molecule has 0 spiro atoms. The second kappa shape index (κ2) is 5.36. The number of carboxylic acid groups (broad SMARTS) is 1. The SMILES string of the molecule is COc1ccc([C@@H](O)CCC(=O)[O-])cc1. The van der Waals surface area contributed by atoms with Gasteiger partial charge in [0.2, 0.25) is 0 Å². The van der Waals surface area contributed by atoms with Crippen molar-refractivity contribution in [3.63, 3.8) is 0 Å². The molecule has 1 N–H and O–H groups in total. The fraction of sp³-hybridized carbons (Fsp3) is 0.364. The first kappa shape index (κ1) is 11.5. The normalized spacial score (nSPS) is 12.1. The molecule has 0 fully saturated rings. The van der Waals surface area contributed by atoms with Crippen LogP contribution in [-0.4, -0.2) is 18.2 Å². The Hall–Kier alpha value is -1.55. The van der Waals surface area contributed by atoms with Gasteiger partial charge in [-0.3, -0.25) is 0 Å². The molecule has 0 saturated carbocycles. The summed E-state index contributed by atoms with van der Waals surface area (Å²) in [4.78, 5) is 10.2. The third-order valence-corrected chi connectivity index (χ3v) is 2.12.